The molecule has 0 aliphatic carbocycles. The van der Waals surface area contributed by atoms with Gasteiger partial charge >= 0.3 is 0 Å². The maximum atomic E-state index is 13.3. The number of nitriles is 1. The fraction of sp³-hybridized carbons (Fsp3) is 0.500. The van der Waals surface area contributed by atoms with Crippen molar-refractivity contribution in [1.82, 2.24) is 9.80 Å². The fourth-order valence-corrected chi connectivity index (χ4v) is 7.16. The lowest BCUT2D eigenvalue weighted by Gasteiger charge is -2.43. The molecular formula is C18H19Cl2N3O2S2. The van der Waals surface area contributed by atoms with Gasteiger partial charge in [0.05, 0.1) is 33.3 Å². The molecule has 2 unspecified atom stereocenters. The lowest BCUT2D eigenvalue weighted by atomic mass is 9.79. The van der Waals surface area contributed by atoms with E-state index in [1.165, 1.54) is 21.6 Å². The highest BCUT2D eigenvalue weighted by Crippen LogP contribution is 2.63. The third-order valence-corrected chi connectivity index (χ3v) is 8.72. The number of rotatable bonds is 3. The number of halogens is 2. The number of carbonyl (C=O) groups is 2. The Morgan fingerprint density at radius 2 is 2.15 bits per heavy atom. The highest BCUT2D eigenvalue weighted by molar-refractivity contribution is 8.77. The van der Waals surface area contributed by atoms with Crippen LogP contribution in [0.4, 0.5) is 0 Å². The molecule has 2 aliphatic rings. The second-order valence-corrected chi connectivity index (χ2v) is 10.4. The molecule has 2 fully saturated rings. The van der Waals surface area contributed by atoms with Crippen molar-refractivity contribution in [3.05, 3.63) is 33.8 Å². The number of likely N-dealkylation sites (N-methyl/N-ethyl adjacent to an activating group) is 1. The van der Waals surface area contributed by atoms with Gasteiger partial charge in [-0.15, -0.1) is 0 Å². The van der Waals surface area contributed by atoms with E-state index in [4.69, 9.17) is 23.2 Å². The van der Waals surface area contributed by atoms with Gasteiger partial charge in [-0.3, -0.25) is 9.59 Å². The molecule has 1 aromatic rings. The summed E-state index contributed by atoms with van der Waals surface area (Å²) in [6.07, 6.45) is 0.258. The topological polar surface area (TPSA) is 64.4 Å². The number of amides is 2. The summed E-state index contributed by atoms with van der Waals surface area (Å²) in [4.78, 5) is 28.4. The Morgan fingerprint density at radius 1 is 1.44 bits per heavy atom. The van der Waals surface area contributed by atoms with Gasteiger partial charge in [0.25, 0.3) is 5.91 Å². The molecule has 0 saturated carbocycles. The van der Waals surface area contributed by atoms with Crippen LogP contribution in [0.25, 0.3) is 0 Å². The van der Waals surface area contributed by atoms with Gasteiger partial charge in [-0.05, 0) is 31.5 Å². The molecule has 2 amide bonds. The SMILES string of the molecule is CCN(C)C(=O)C12C[C@](C)(C#N)C(c3ccc(Cl)c(Cl)c3)N1C(=O)CSS2. The van der Waals surface area contributed by atoms with Crippen molar-refractivity contribution in [3.63, 3.8) is 0 Å². The van der Waals surface area contributed by atoms with Gasteiger partial charge in [-0.1, -0.05) is 50.9 Å². The number of fused-ring (bicyclic) bond motifs is 1. The Balaban J connectivity index is 2.20. The smallest absolute Gasteiger partial charge is 0.259 e. The van der Waals surface area contributed by atoms with Crippen LogP contribution in [0.2, 0.25) is 10.0 Å². The summed E-state index contributed by atoms with van der Waals surface area (Å²) in [6.45, 7) is 4.21. The molecule has 144 valence electrons. The second-order valence-electron chi connectivity index (χ2n) is 7.00. The van der Waals surface area contributed by atoms with Crippen molar-refractivity contribution in [2.24, 2.45) is 5.41 Å². The molecule has 9 heteroatoms. The average Bonchev–Trinajstić information content (AvgIpc) is 2.94. The molecule has 1 aromatic carbocycles. The highest BCUT2D eigenvalue weighted by atomic mass is 35.5. The van der Waals surface area contributed by atoms with Crippen LogP contribution in [0, 0.1) is 16.7 Å². The molecule has 3 rings (SSSR count). The lowest BCUT2D eigenvalue weighted by molar-refractivity contribution is -0.145. The molecule has 2 saturated heterocycles. The van der Waals surface area contributed by atoms with Crippen LogP contribution >= 0.6 is 44.8 Å². The predicted molar refractivity (Wildman–Crippen MR) is 110 cm³/mol. The van der Waals surface area contributed by atoms with Crippen LogP contribution in [-0.2, 0) is 9.59 Å². The van der Waals surface area contributed by atoms with E-state index in [0.717, 1.165) is 0 Å². The molecule has 0 aromatic heterocycles. The Bertz CT molecular complexity index is 846. The minimum absolute atomic E-state index is 0.147. The highest BCUT2D eigenvalue weighted by Gasteiger charge is 2.66. The third kappa shape index (κ3) is 3.21. The summed E-state index contributed by atoms with van der Waals surface area (Å²) in [6, 6.07) is 6.92. The Labute approximate surface area is 176 Å². The first kappa shape index (κ1) is 20.7. The quantitative estimate of drug-likeness (QED) is 0.648. The normalized spacial score (nSPS) is 30.0. The summed E-state index contributed by atoms with van der Waals surface area (Å²) >= 11 is 12.3. The van der Waals surface area contributed by atoms with Crippen molar-refractivity contribution >= 4 is 56.6 Å². The Hall–Kier alpha value is -1.07. The van der Waals surface area contributed by atoms with Crippen molar-refractivity contribution in [2.75, 3.05) is 19.3 Å². The van der Waals surface area contributed by atoms with Crippen molar-refractivity contribution < 1.29 is 9.59 Å². The summed E-state index contributed by atoms with van der Waals surface area (Å²) < 4.78 is 0. The van der Waals surface area contributed by atoms with Crippen molar-refractivity contribution in [1.29, 1.82) is 5.26 Å². The van der Waals surface area contributed by atoms with E-state index in [0.29, 0.717) is 22.2 Å². The van der Waals surface area contributed by atoms with E-state index in [1.807, 2.05) is 6.92 Å². The predicted octanol–water partition coefficient (Wildman–Crippen LogP) is 4.37. The Morgan fingerprint density at radius 3 is 2.74 bits per heavy atom. The zero-order valence-electron chi connectivity index (χ0n) is 15.2. The molecule has 2 heterocycles. The number of carbonyl (C=O) groups excluding carboxylic acids is 2. The van der Waals surface area contributed by atoms with E-state index < -0.39 is 16.3 Å². The van der Waals surface area contributed by atoms with E-state index in [1.54, 1.807) is 42.0 Å². The van der Waals surface area contributed by atoms with Crippen LogP contribution in [0.15, 0.2) is 18.2 Å². The first-order chi connectivity index (χ1) is 12.7. The summed E-state index contributed by atoms with van der Waals surface area (Å²) in [5, 5.41) is 10.8. The van der Waals surface area contributed by atoms with Crippen LogP contribution in [0.5, 0.6) is 0 Å². The van der Waals surface area contributed by atoms with Gasteiger partial charge in [0, 0.05) is 20.0 Å². The second kappa shape index (κ2) is 7.40. The van der Waals surface area contributed by atoms with Crippen LogP contribution in [0.3, 0.4) is 0 Å². The fourth-order valence-electron chi connectivity index (χ4n) is 3.79. The standard InChI is InChI=1S/C18H19Cl2N3O2S2/c1-4-22(3)16(25)18-9-17(2,10-21)15(23(18)14(24)8-26-27-18)11-5-6-12(19)13(20)7-11/h5-7,15H,4,8-9H2,1-3H3/t15?,17-,18?/m1/s1. The molecule has 0 N–H and O–H groups in total. The minimum atomic E-state index is -1.11. The average molecular weight is 444 g/mol. The number of nitrogens with zero attached hydrogens (tertiary/aromatic N) is 3. The number of hydrogen-bond donors (Lipinski definition) is 0. The zero-order valence-corrected chi connectivity index (χ0v) is 18.3. The van der Waals surface area contributed by atoms with E-state index in [-0.39, 0.29) is 24.0 Å². The van der Waals surface area contributed by atoms with Gasteiger partial charge in [-0.25, -0.2) is 0 Å². The van der Waals surface area contributed by atoms with Crippen LogP contribution in [-0.4, -0.2) is 45.8 Å². The zero-order chi connectivity index (χ0) is 20.0. The first-order valence-corrected chi connectivity index (χ1v) is 11.5. The summed E-state index contributed by atoms with van der Waals surface area (Å²) in [5.41, 5.74) is -0.224. The molecule has 3 atom stereocenters. The van der Waals surface area contributed by atoms with E-state index in [9.17, 15) is 14.9 Å². The molecule has 0 bridgehead atoms. The minimum Gasteiger partial charge on any atom is -0.343 e. The molecule has 27 heavy (non-hydrogen) atoms. The molecule has 0 spiro atoms. The maximum absolute atomic E-state index is 13.3. The number of hydrogen-bond acceptors (Lipinski definition) is 5. The molecule has 2 aliphatic heterocycles. The van der Waals surface area contributed by atoms with Crippen molar-refractivity contribution in [2.45, 2.75) is 31.2 Å². The van der Waals surface area contributed by atoms with Gasteiger partial charge in [0.2, 0.25) is 5.91 Å². The number of benzene rings is 1. The van der Waals surface area contributed by atoms with Gasteiger partial charge in [-0.2, -0.15) is 5.26 Å². The molecule has 0 radical (unpaired) electrons. The monoisotopic (exact) mass is 443 g/mol. The Kier molecular flexibility index (Phi) is 5.66. The lowest BCUT2D eigenvalue weighted by Crippen LogP contribution is -2.57. The third-order valence-electron chi connectivity index (χ3n) is 5.18. The maximum Gasteiger partial charge on any atom is 0.259 e. The molecule has 5 nitrogen and oxygen atoms in total. The van der Waals surface area contributed by atoms with Gasteiger partial charge in [0.15, 0.2) is 4.87 Å². The van der Waals surface area contributed by atoms with Crippen molar-refractivity contribution in [3.8, 4) is 6.07 Å². The van der Waals surface area contributed by atoms with Crippen LogP contribution in [0.1, 0.15) is 31.9 Å². The molecular weight excluding hydrogens is 425 g/mol. The van der Waals surface area contributed by atoms with Gasteiger partial charge < -0.3 is 9.80 Å². The first-order valence-electron chi connectivity index (χ1n) is 8.44. The van der Waals surface area contributed by atoms with Gasteiger partial charge in [0.1, 0.15) is 0 Å². The van der Waals surface area contributed by atoms with Crippen LogP contribution < -0.4 is 0 Å². The van der Waals surface area contributed by atoms with E-state index in [2.05, 4.69) is 6.07 Å². The largest absolute Gasteiger partial charge is 0.343 e. The van der Waals surface area contributed by atoms with E-state index >= 15 is 0 Å². The summed E-state index contributed by atoms with van der Waals surface area (Å²) in [7, 11) is 4.47. The summed E-state index contributed by atoms with van der Waals surface area (Å²) in [5.74, 6) is -0.0410.